The Hall–Kier alpha value is -2.63. The van der Waals surface area contributed by atoms with Gasteiger partial charge in [0.1, 0.15) is 18.0 Å². The summed E-state index contributed by atoms with van der Waals surface area (Å²) >= 11 is 0. The summed E-state index contributed by atoms with van der Waals surface area (Å²) < 4.78 is 0. The first-order valence-electron chi connectivity index (χ1n) is 9.78. The van der Waals surface area contributed by atoms with E-state index in [1.807, 2.05) is 12.1 Å². The smallest absolute Gasteiger partial charge is 0.222 e. The first-order valence-corrected chi connectivity index (χ1v) is 9.78. The molecule has 6 heteroatoms. The molecule has 0 saturated carbocycles. The molecule has 0 unspecified atom stereocenters. The predicted octanol–water partition coefficient (Wildman–Crippen LogP) is 2.51. The molecule has 142 valence electrons. The average Bonchev–Trinajstić information content (AvgIpc) is 2.70. The molecule has 4 rings (SSSR count). The molecule has 2 saturated heterocycles. The first kappa shape index (κ1) is 17.8. The zero-order valence-corrected chi connectivity index (χ0v) is 15.7. The number of anilines is 2. The summed E-state index contributed by atoms with van der Waals surface area (Å²) in [6.07, 6.45) is 6.33. The number of amides is 1. The van der Waals surface area contributed by atoms with Crippen molar-refractivity contribution in [1.29, 1.82) is 0 Å². The van der Waals surface area contributed by atoms with Crippen molar-refractivity contribution in [2.24, 2.45) is 5.41 Å². The second-order valence-corrected chi connectivity index (χ2v) is 7.88. The second kappa shape index (κ2) is 7.55. The largest absolute Gasteiger partial charge is 0.384 e. The standard InChI is InChI=1S/C21H27N5O/c22-18-13-19(24-16-23-18)25-11-4-9-21(14-25)10-7-20(27)26(15-21)12-8-17-5-2-1-3-6-17/h1-3,5-6,13,16H,4,7-12,14-15H2,(H2,22,23,24)/t21-/m0/s1. The van der Waals surface area contributed by atoms with Crippen LogP contribution in [0.4, 0.5) is 11.6 Å². The van der Waals surface area contributed by atoms with E-state index in [9.17, 15) is 4.79 Å². The number of hydrogen-bond acceptors (Lipinski definition) is 5. The third-order valence-electron chi connectivity index (χ3n) is 5.92. The van der Waals surface area contributed by atoms with Gasteiger partial charge in [-0.15, -0.1) is 0 Å². The quantitative estimate of drug-likeness (QED) is 0.901. The minimum absolute atomic E-state index is 0.155. The number of carbonyl (C=O) groups is 1. The minimum atomic E-state index is 0.155. The molecule has 2 aliphatic rings. The Kier molecular flexibility index (Phi) is 4.97. The summed E-state index contributed by atoms with van der Waals surface area (Å²) in [6, 6.07) is 12.3. The van der Waals surface area contributed by atoms with Gasteiger partial charge in [0.2, 0.25) is 5.91 Å². The molecule has 1 amide bonds. The normalized spacial score (nSPS) is 23.0. The Balaban J connectivity index is 1.44. The number of nitrogen functional groups attached to an aromatic ring is 1. The second-order valence-electron chi connectivity index (χ2n) is 7.88. The van der Waals surface area contributed by atoms with E-state index in [1.54, 1.807) is 0 Å². The lowest BCUT2D eigenvalue weighted by atomic mass is 9.73. The highest BCUT2D eigenvalue weighted by molar-refractivity contribution is 5.77. The topological polar surface area (TPSA) is 75.3 Å². The predicted molar refractivity (Wildman–Crippen MR) is 106 cm³/mol. The fourth-order valence-electron chi connectivity index (χ4n) is 4.49. The summed E-state index contributed by atoms with van der Waals surface area (Å²) in [5.41, 5.74) is 7.28. The molecule has 6 nitrogen and oxygen atoms in total. The third-order valence-corrected chi connectivity index (χ3v) is 5.92. The number of benzene rings is 1. The third kappa shape index (κ3) is 4.04. The van der Waals surface area contributed by atoms with Gasteiger partial charge < -0.3 is 15.5 Å². The van der Waals surface area contributed by atoms with Crippen LogP contribution >= 0.6 is 0 Å². The van der Waals surface area contributed by atoms with Crippen molar-refractivity contribution in [2.75, 3.05) is 36.8 Å². The molecule has 2 aliphatic heterocycles. The number of piperidine rings is 2. The molecular weight excluding hydrogens is 338 g/mol. The van der Waals surface area contributed by atoms with Gasteiger partial charge in [-0.1, -0.05) is 30.3 Å². The van der Waals surface area contributed by atoms with Gasteiger partial charge in [0.05, 0.1) is 0 Å². The van der Waals surface area contributed by atoms with E-state index in [2.05, 4.69) is 44.0 Å². The average molecular weight is 365 g/mol. The lowest BCUT2D eigenvalue weighted by molar-refractivity contribution is -0.137. The Labute approximate surface area is 160 Å². The molecular formula is C21H27N5O. The van der Waals surface area contributed by atoms with Gasteiger partial charge in [-0.05, 0) is 31.2 Å². The van der Waals surface area contributed by atoms with Crippen molar-refractivity contribution in [3.05, 3.63) is 48.3 Å². The van der Waals surface area contributed by atoms with Gasteiger partial charge in [0.15, 0.2) is 0 Å². The lowest BCUT2D eigenvalue weighted by Gasteiger charge is -2.48. The van der Waals surface area contributed by atoms with E-state index in [0.717, 1.165) is 51.3 Å². The fraction of sp³-hybridized carbons (Fsp3) is 0.476. The highest BCUT2D eigenvalue weighted by Gasteiger charge is 2.41. The number of nitrogens with zero attached hydrogens (tertiary/aromatic N) is 4. The molecule has 3 heterocycles. The molecule has 2 aromatic rings. The maximum atomic E-state index is 12.5. The summed E-state index contributed by atoms with van der Waals surface area (Å²) in [6.45, 7) is 3.55. The van der Waals surface area contributed by atoms with Crippen LogP contribution in [0, 0.1) is 5.41 Å². The van der Waals surface area contributed by atoms with Gasteiger partial charge in [-0.2, -0.15) is 0 Å². The maximum absolute atomic E-state index is 12.5. The maximum Gasteiger partial charge on any atom is 0.222 e. The van der Waals surface area contributed by atoms with Crippen LogP contribution < -0.4 is 10.6 Å². The van der Waals surface area contributed by atoms with E-state index in [-0.39, 0.29) is 5.41 Å². The van der Waals surface area contributed by atoms with E-state index >= 15 is 0 Å². The molecule has 1 spiro atoms. The van der Waals surface area contributed by atoms with E-state index in [0.29, 0.717) is 18.1 Å². The first-order chi connectivity index (χ1) is 13.1. The molecule has 1 aromatic heterocycles. The van der Waals surface area contributed by atoms with E-state index < -0.39 is 0 Å². The Morgan fingerprint density at radius 3 is 2.78 bits per heavy atom. The molecule has 27 heavy (non-hydrogen) atoms. The number of carbonyl (C=O) groups excluding carboxylic acids is 1. The van der Waals surface area contributed by atoms with Crippen LogP contribution in [0.1, 0.15) is 31.2 Å². The zero-order chi connectivity index (χ0) is 18.7. The van der Waals surface area contributed by atoms with Gasteiger partial charge in [0, 0.05) is 44.1 Å². The Morgan fingerprint density at radius 2 is 1.96 bits per heavy atom. The molecule has 2 N–H and O–H groups in total. The van der Waals surface area contributed by atoms with Gasteiger partial charge in [-0.3, -0.25) is 4.79 Å². The van der Waals surface area contributed by atoms with Crippen LogP contribution in [0.2, 0.25) is 0 Å². The number of likely N-dealkylation sites (tertiary alicyclic amines) is 1. The van der Waals surface area contributed by atoms with Crippen molar-refractivity contribution in [1.82, 2.24) is 14.9 Å². The van der Waals surface area contributed by atoms with Crippen LogP contribution in [0.15, 0.2) is 42.7 Å². The van der Waals surface area contributed by atoms with Crippen molar-refractivity contribution >= 4 is 17.5 Å². The molecule has 0 radical (unpaired) electrons. The molecule has 2 fully saturated rings. The highest BCUT2D eigenvalue weighted by Crippen LogP contribution is 2.40. The number of rotatable bonds is 4. The summed E-state index contributed by atoms with van der Waals surface area (Å²) in [7, 11) is 0. The summed E-state index contributed by atoms with van der Waals surface area (Å²) in [5, 5.41) is 0. The number of aromatic nitrogens is 2. The summed E-state index contributed by atoms with van der Waals surface area (Å²) in [5.74, 6) is 1.69. The van der Waals surface area contributed by atoms with E-state index in [1.165, 1.54) is 18.3 Å². The molecule has 0 bridgehead atoms. The van der Waals surface area contributed by atoms with Crippen LogP contribution in [0.3, 0.4) is 0 Å². The molecule has 1 aromatic carbocycles. The Bertz CT molecular complexity index is 796. The van der Waals surface area contributed by atoms with Crippen molar-refractivity contribution in [3.63, 3.8) is 0 Å². The highest BCUT2D eigenvalue weighted by atomic mass is 16.2. The number of nitrogens with two attached hydrogens (primary N) is 1. The van der Waals surface area contributed by atoms with Crippen LogP contribution in [-0.2, 0) is 11.2 Å². The molecule has 1 atom stereocenters. The van der Waals surface area contributed by atoms with Crippen molar-refractivity contribution < 1.29 is 4.79 Å². The van der Waals surface area contributed by atoms with Crippen LogP contribution in [0.25, 0.3) is 0 Å². The van der Waals surface area contributed by atoms with Gasteiger partial charge in [0.25, 0.3) is 0 Å². The summed E-state index contributed by atoms with van der Waals surface area (Å²) in [4.78, 5) is 25.3. The monoisotopic (exact) mass is 365 g/mol. The van der Waals surface area contributed by atoms with Crippen LogP contribution in [0.5, 0.6) is 0 Å². The van der Waals surface area contributed by atoms with E-state index in [4.69, 9.17) is 5.73 Å². The minimum Gasteiger partial charge on any atom is -0.384 e. The zero-order valence-electron chi connectivity index (χ0n) is 15.7. The SMILES string of the molecule is Nc1cc(N2CCC[C@]3(CCC(=O)N(CCc4ccccc4)C3)C2)ncn1. The fourth-order valence-corrected chi connectivity index (χ4v) is 4.49. The van der Waals surface area contributed by atoms with Crippen molar-refractivity contribution in [2.45, 2.75) is 32.1 Å². The van der Waals surface area contributed by atoms with Crippen LogP contribution in [-0.4, -0.2) is 47.0 Å². The lowest BCUT2D eigenvalue weighted by Crippen LogP contribution is -2.54. The van der Waals surface area contributed by atoms with Crippen molar-refractivity contribution in [3.8, 4) is 0 Å². The van der Waals surface area contributed by atoms with Gasteiger partial charge in [-0.25, -0.2) is 9.97 Å². The number of hydrogen-bond donors (Lipinski definition) is 1. The molecule has 0 aliphatic carbocycles. The van der Waals surface area contributed by atoms with Gasteiger partial charge >= 0.3 is 0 Å². The Morgan fingerprint density at radius 1 is 1.11 bits per heavy atom.